The second-order valence-corrected chi connectivity index (χ2v) is 8.43. The Morgan fingerprint density at radius 1 is 0.842 bits per heavy atom. The molecule has 5 rings (SSSR count). The molecular formula is C28H18ClN3O6. The lowest BCUT2D eigenvalue weighted by Gasteiger charge is -2.09. The fourth-order valence-electron chi connectivity index (χ4n) is 3.53. The molecule has 0 N–H and O–H groups in total. The predicted octanol–water partition coefficient (Wildman–Crippen LogP) is 7.11. The molecule has 38 heavy (non-hydrogen) atoms. The zero-order valence-corrected chi connectivity index (χ0v) is 20.4. The second-order valence-electron chi connectivity index (χ2n) is 8.02. The van der Waals surface area contributed by atoms with Crippen molar-refractivity contribution in [2.45, 2.75) is 6.61 Å². The number of aromatic nitrogens is 2. The van der Waals surface area contributed by atoms with Gasteiger partial charge in [-0.15, -0.1) is 10.2 Å². The summed E-state index contributed by atoms with van der Waals surface area (Å²) in [4.78, 5) is 23.2. The molecule has 0 aliphatic heterocycles. The van der Waals surface area contributed by atoms with Crippen LogP contribution in [0.5, 0.6) is 11.5 Å². The van der Waals surface area contributed by atoms with Crippen LogP contribution in [-0.2, 0) is 11.3 Å². The standard InChI is InChI=1S/C28H18ClN3O6/c29-23-7-4-8-24(32(34)35)25(23)37-22-15-9-18(10-16-22)17-36-28(33)21-13-11-20(12-14-21)27-31-30-26(38-27)19-5-2-1-3-6-19/h1-16H,17H2. The van der Waals surface area contributed by atoms with E-state index in [0.29, 0.717) is 34.2 Å². The van der Waals surface area contributed by atoms with E-state index in [1.54, 1.807) is 48.5 Å². The van der Waals surface area contributed by atoms with Gasteiger partial charge in [0.2, 0.25) is 17.5 Å². The molecule has 0 radical (unpaired) electrons. The summed E-state index contributed by atoms with van der Waals surface area (Å²) in [6.07, 6.45) is 0. The highest BCUT2D eigenvalue weighted by Gasteiger charge is 2.19. The number of para-hydroxylation sites is 1. The topological polar surface area (TPSA) is 118 Å². The van der Waals surface area contributed by atoms with Gasteiger partial charge in [0.1, 0.15) is 12.4 Å². The maximum Gasteiger partial charge on any atom is 0.338 e. The van der Waals surface area contributed by atoms with Crippen LogP contribution < -0.4 is 4.74 Å². The molecule has 0 aliphatic carbocycles. The van der Waals surface area contributed by atoms with Crippen LogP contribution in [0.15, 0.2) is 101 Å². The lowest BCUT2D eigenvalue weighted by molar-refractivity contribution is -0.385. The van der Waals surface area contributed by atoms with Gasteiger partial charge in [-0.1, -0.05) is 48.0 Å². The zero-order chi connectivity index (χ0) is 26.5. The highest BCUT2D eigenvalue weighted by molar-refractivity contribution is 6.32. The number of rotatable bonds is 8. The summed E-state index contributed by atoms with van der Waals surface area (Å²) in [5.41, 5.74) is 2.32. The number of nitro benzene ring substituents is 1. The molecule has 10 heteroatoms. The minimum atomic E-state index is -0.564. The van der Waals surface area contributed by atoms with Crippen molar-refractivity contribution in [2.75, 3.05) is 0 Å². The molecule has 0 spiro atoms. The monoisotopic (exact) mass is 527 g/mol. The smallest absolute Gasteiger partial charge is 0.338 e. The van der Waals surface area contributed by atoms with Crippen molar-refractivity contribution in [3.8, 4) is 34.4 Å². The van der Waals surface area contributed by atoms with Gasteiger partial charge >= 0.3 is 11.7 Å². The van der Waals surface area contributed by atoms with Crippen LogP contribution in [0.2, 0.25) is 5.02 Å². The number of nitrogens with zero attached hydrogens (tertiary/aromatic N) is 3. The molecule has 4 aromatic carbocycles. The maximum absolute atomic E-state index is 12.5. The Kier molecular flexibility index (Phi) is 7.10. The van der Waals surface area contributed by atoms with Gasteiger partial charge in [-0.05, 0) is 60.2 Å². The summed E-state index contributed by atoms with van der Waals surface area (Å²) in [6, 6.07) is 27.0. The Balaban J connectivity index is 1.19. The van der Waals surface area contributed by atoms with E-state index in [4.69, 9.17) is 25.5 Å². The van der Waals surface area contributed by atoms with Gasteiger partial charge in [-0.3, -0.25) is 10.1 Å². The molecule has 1 aromatic heterocycles. The number of carbonyl (C=O) groups excluding carboxylic acids is 1. The van der Waals surface area contributed by atoms with Crippen molar-refractivity contribution in [1.82, 2.24) is 10.2 Å². The van der Waals surface area contributed by atoms with E-state index in [1.807, 2.05) is 30.3 Å². The average molecular weight is 528 g/mol. The summed E-state index contributed by atoms with van der Waals surface area (Å²) < 4.78 is 16.8. The normalized spacial score (nSPS) is 10.7. The molecule has 0 atom stereocenters. The van der Waals surface area contributed by atoms with E-state index < -0.39 is 10.9 Å². The zero-order valence-electron chi connectivity index (χ0n) is 19.6. The molecule has 0 bridgehead atoms. The molecular weight excluding hydrogens is 510 g/mol. The molecule has 0 fully saturated rings. The molecule has 9 nitrogen and oxygen atoms in total. The molecule has 0 aliphatic rings. The number of hydrogen-bond donors (Lipinski definition) is 0. The number of carbonyl (C=O) groups is 1. The number of halogens is 1. The van der Waals surface area contributed by atoms with Crippen molar-refractivity contribution >= 4 is 23.3 Å². The minimum absolute atomic E-state index is 0.0250. The quantitative estimate of drug-likeness (QED) is 0.119. The van der Waals surface area contributed by atoms with Crippen LogP contribution in [0.3, 0.4) is 0 Å². The molecule has 0 saturated carbocycles. The van der Waals surface area contributed by atoms with Crippen molar-refractivity contribution in [2.24, 2.45) is 0 Å². The first-order chi connectivity index (χ1) is 18.5. The van der Waals surface area contributed by atoms with Crippen LogP contribution in [0, 0.1) is 10.1 Å². The SMILES string of the molecule is O=C(OCc1ccc(Oc2c(Cl)cccc2[N+](=O)[O-])cc1)c1ccc(-c2nnc(-c3ccccc3)o2)cc1. The largest absolute Gasteiger partial charge is 0.457 e. The number of nitro groups is 1. The van der Waals surface area contributed by atoms with E-state index in [9.17, 15) is 14.9 Å². The molecule has 0 amide bonds. The first-order valence-corrected chi connectivity index (χ1v) is 11.7. The summed E-state index contributed by atoms with van der Waals surface area (Å²) in [5.74, 6) is 0.555. The Labute approximate surface area is 221 Å². The van der Waals surface area contributed by atoms with Crippen LogP contribution >= 0.6 is 11.6 Å². The average Bonchev–Trinajstić information content (AvgIpc) is 3.44. The van der Waals surface area contributed by atoms with Crippen molar-refractivity contribution in [1.29, 1.82) is 0 Å². The van der Waals surface area contributed by atoms with E-state index in [1.165, 1.54) is 18.2 Å². The fraction of sp³-hybridized carbons (Fsp3) is 0.0357. The summed E-state index contributed by atoms with van der Waals surface area (Å²) in [5, 5.41) is 19.5. The fourth-order valence-corrected chi connectivity index (χ4v) is 3.74. The lowest BCUT2D eigenvalue weighted by atomic mass is 10.1. The Morgan fingerprint density at radius 3 is 2.16 bits per heavy atom. The summed E-state index contributed by atoms with van der Waals surface area (Å²) >= 11 is 6.07. The van der Waals surface area contributed by atoms with Gasteiger partial charge in [0.25, 0.3) is 0 Å². The lowest BCUT2D eigenvalue weighted by Crippen LogP contribution is -2.05. The first-order valence-electron chi connectivity index (χ1n) is 11.3. The molecule has 188 valence electrons. The Morgan fingerprint density at radius 2 is 1.50 bits per heavy atom. The number of hydrogen-bond acceptors (Lipinski definition) is 8. The van der Waals surface area contributed by atoms with Crippen LogP contribution in [0.1, 0.15) is 15.9 Å². The summed E-state index contributed by atoms with van der Waals surface area (Å²) in [6.45, 7) is 0.0250. The summed E-state index contributed by atoms with van der Waals surface area (Å²) in [7, 11) is 0. The van der Waals surface area contributed by atoms with Crippen molar-refractivity contribution in [3.05, 3.63) is 123 Å². The molecule has 5 aromatic rings. The third kappa shape index (κ3) is 5.53. The molecule has 0 saturated heterocycles. The van der Waals surface area contributed by atoms with Crippen molar-refractivity contribution < 1.29 is 23.6 Å². The van der Waals surface area contributed by atoms with Gasteiger partial charge in [-0.25, -0.2) is 4.79 Å². The van der Waals surface area contributed by atoms with Crippen LogP contribution in [-0.4, -0.2) is 21.1 Å². The first kappa shape index (κ1) is 24.7. The van der Waals surface area contributed by atoms with Crippen LogP contribution in [0.4, 0.5) is 5.69 Å². The number of ether oxygens (including phenoxy) is 2. The predicted molar refractivity (Wildman–Crippen MR) is 139 cm³/mol. The Bertz CT molecular complexity index is 1590. The molecule has 1 heterocycles. The van der Waals surface area contributed by atoms with Gasteiger partial charge < -0.3 is 13.9 Å². The second kappa shape index (κ2) is 10.9. The van der Waals surface area contributed by atoms with Gasteiger partial charge in [0.05, 0.1) is 15.5 Å². The highest BCUT2D eigenvalue weighted by Crippen LogP contribution is 2.37. The van der Waals surface area contributed by atoms with Gasteiger partial charge in [0.15, 0.2) is 0 Å². The van der Waals surface area contributed by atoms with E-state index in [-0.39, 0.29) is 23.1 Å². The van der Waals surface area contributed by atoms with Crippen LogP contribution in [0.25, 0.3) is 22.9 Å². The van der Waals surface area contributed by atoms with E-state index >= 15 is 0 Å². The maximum atomic E-state index is 12.5. The Hall–Kier alpha value is -5.02. The van der Waals surface area contributed by atoms with Crippen molar-refractivity contribution in [3.63, 3.8) is 0 Å². The van der Waals surface area contributed by atoms with E-state index in [2.05, 4.69) is 10.2 Å². The number of benzene rings is 4. The minimum Gasteiger partial charge on any atom is -0.457 e. The number of esters is 1. The highest BCUT2D eigenvalue weighted by atomic mass is 35.5. The van der Waals surface area contributed by atoms with Gasteiger partial charge in [-0.2, -0.15) is 0 Å². The molecule has 0 unspecified atom stereocenters. The van der Waals surface area contributed by atoms with Gasteiger partial charge in [0, 0.05) is 17.2 Å². The third-order valence-electron chi connectivity index (χ3n) is 5.47. The third-order valence-corrected chi connectivity index (χ3v) is 5.77. The van der Waals surface area contributed by atoms with E-state index in [0.717, 1.165) is 5.56 Å².